The molecule has 0 atom stereocenters. The van der Waals surface area contributed by atoms with Crippen molar-refractivity contribution >= 4 is 29.5 Å². The number of nitrogens with two attached hydrogens (primary N) is 1. The van der Waals surface area contributed by atoms with Gasteiger partial charge in [0, 0.05) is 0 Å². The molecule has 4 N–H and O–H groups in total. The van der Waals surface area contributed by atoms with E-state index >= 15 is 0 Å². The molecule has 0 aromatic carbocycles. The summed E-state index contributed by atoms with van der Waals surface area (Å²) in [6.07, 6.45) is 1.08. The van der Waals surface area contributed by atoms with E-state index < -0.39 is 5.56 Å². The third kappa shape index (κ3) is 1.29. The van der Waals surface area contributed by atoms with Gasteiger partial charge < -0.3 is 10.9 Å². The Hall–Kier alpha value is -1.76. The molecule has 0 saturated heterocycles. The van der Waals surface area contributed by atoms with Gasteiger partial charge in [0.05, 0.1) is 0 Å². The zero-order chi connectivity index (χ0) is 8.72. The molecule has 0 spiro atoms. The van der Waals surface area contributed by atoms with Crippen LogP contribution in [0.5, 0.6) is 0 Å². The monoisotopic (exact) mass is 203 g/mol. The molecule has 2 rings (SSSR count). The summed E-state index contributed by atoms with van der Waals surface area (Å²) >= 11 is 0. The molecule has 0 aliphatic heterocycles. The Morgan fingerprint density at radius 3 is 3.00 bits per heavy atom. The lowest BCUT2D eigenvalue weighted by Gasteiger charge is -1.92. The number of nitrogen functional groups attached to an aromatic ring is 1. The molecule has 2 heterocycles. The summed E-state index contributed by atoms with van der Waals surface area (Å²) in [5, 5.41) is 9.04. The molecule has 70 valence electrons. The molecule has 13 heavy (non-hydrogen) atoms. The lowest BCUT2D eigenvalue weighted by atomic mass is 10.5. The Bertz CT molecular complexity index is 489. The summed E-state index contributed by atoms with van der Waals surface area (Å²) in [6.45, 7) is 0. The molecule has 7 nitrogen and oxygen atoms in total. The van der Waals surface area contributed by atoms with Crippen molar-refractivity contribution in [1.29, 1.82) is 0 Å². The number of aromatic amines is 1. The highest BCUT2D eigenvalue weighted by Crippen LogP contribution is 2.02. The van der Waals surface area contributed by atoms with Crippen molar-refractivity contribution in [3.8, 4) is 0 Å². The minimum Gasteiger partial charge on any atom is -0.427 e. The topological polar surface area (TPSA) is 110 Å². The number of rotatable bonds is 0. The maximum Gasteiger partial charge on any atom is 0.282 e. The van der Waals surface area contributed by atoms with Crippen LogP contribution >= 0.6 is 12.4 Å². The first-order valence-electron chi connectivity index (χ1n) is 3.10. The van der Waals surface area contributed by atoms with Gasteiger partial charge in [-0.25, -0.2) is 4.98 Å². The predicted octanol–water partition coefficient (Wildman–Crippen LogP) is -0.639. The molecule has 0 aliphatic rings. The van der Waals surface area contributed by atoms with Gasteiger partial charge in [0.1, 0.15) is 6.33 Å². The maximum absolute atomic E-state index is 11.1. The van der Waals surface area contributed by atoms with E-state index in [4.69, 9.17) is 10.9 Å². The van der Waals surface area contributed by atoms with Crippen molar-refractivity contribution in [2.24, 2.45) is 0 Å². The van der Waals surface area contributed by atoms with Crippen LogP contribution in [0, 0.1) is 0 Å². The molecule has 0 radical (unpaired) electrons. The fourth-order valence-electron chi connectivity index (χ4n) is 0.936. The van der Waals surface area contributed by atoms with Gasteiger partial charge in [-0.1, -0.05) is 0 Å². The van der Waals surface area contributed by atoms with E-state index in [1.165, 1.54) is 0 Å². The zero-order valence-electron chi connectivity index (χ0n) is 6.26. The molecular weight excluding hydrogens is 198 g/mol. The highest BCUT2D eigenvalue weighted by Gasteiger charge is 2.07. The van der Waals surface area contributed by atoms with Gasteiger partial charge in [0.25, 0.3) is 5.56 Å². The summed E-state index contributed by atoms with van der Waals surface area (Å²) in [7, 11) is 0. The second-order valence-corrected chi connectivity index (χ2v) is 2.21. The first-order chi connectivity index (χ1) is 5.68. The van der Waals surface area contributed by atoms with Gasteiger partial charge in [-0.15, -0.1) is 12.4 Å². The number of hydrogen-bond acceptors (Lipinski definition) is 5. The SMILES string of the molecule is Cl.Nc1nc2ncn(O)c2c(=O)[nH]1. The van der Waals surface area contributed by atoms with Crippen molar-refractivity contribution < 1.29 is 5.21 Å². The fourth-order valence-corrected chi connectivity index (χ4v) is 0.936. The molecule has 0 saturated carbocycles. The average Bonchev–Trinajstić information content (AvgIpc) is 2.31. The van der Waals surface area contributed by atoms with Gasteiger partial charge in [-0.2, -0.15) is 9.71 Å². The second kappa shape index (κ2) is 2.94. The lowest BCUT2D eigenvalue weighted by Crippen LogP contribution is -2.13. The van der Waals surface area contributed by atoms with E-state index in [1.807, 2.05) is 0 Å². The Balaban J connectivity index is 0.000000845. The number of halogens is 1. The normalized spacial score (nSPS) is 9.85. The highest BCUT2D eigenvalue weighted by atomic mass is 35.5. The third-order valence-corrected chi connectivity index (χ3v) is 1.41. The molecule has 0 bridgehead atoms. The molecule has 2 aromatic rings. The van der Waals surface area contributed by atoms with Crippen LogP contribution < -0.4 is 11.3 Å². The molecule has 8 heteroatoms. The van der Waals surface area contributed by atoms with Gasteiger partial charge >= 0.3 is 0 Å². The van der Waals surface area contributed by atoms with E-state index in [0.717, 1.165) is 6.33 Å². The van der Waals surface area contributed by atoms with E-state index in [2.05, 4.69) is 15.0 Å². The van der Waals surface area contributed by atoms with Crippen LogP contribution in [-0.2, 0) is 0 Å². The number of H-pyrrole nitrogens is 1. The molecule has 2 aromatic heterocycles. The summed E-state index contributed by atoms with van der Waals surface area (Å²) < 4.78 is 0.598. The number of nitrogens with one attached hydrogen (secondary N) is 1. The van der Waals surface area contributed by atoms with Crippen LogP contribution in [-0.4, -0.2) is 24.9 Å². The maximum atomic E-state index is 11.1. The minimum atomic E-state index is -0.516. The average molecular weight is 204 g/mol. The highest BCUT2D eigenvalue weighted by molar-refractivity contribution is 5.85. The van der Waals surface area contributed by atoms with E-state index in [1.54, 1.807) is 0 Å². The van der Waals surface area contributed by atoms with E-state index in [0.29, 0.717) is 4.73 Å². The van der Waals surface area contributed by atoms with Crippen LogP contribution in [0.4, 0.5) is 5.95 Å². The smallest absolute Gasteiger partial charge is 0.282 e. The summed E-state index contributed by atoms with van der Waals surface area (Å²) in [5.41, 5.74) is 4.83. The fraction of sp³-hybridized carbons (Fsp3) is 0. The second-order valence-electron chi connectivity index (χ2n) is 2.21. The number of nitrogens with zero attached hydrogens (tertiary/aromatic N) is 3. The summed E-state index contributed by atoms with van der Waals surface area (Å²) in [4.78, 5) is 20.6. The van der Waals surface area contributed by atoms with Crippen molar-refractivity contribution in [3.05, 3.63) is 16.7 Å². The molecule has 0 unspecified atom stereocenters. The Morgan fingerprint density at radius 1 is 1.62 bits per heavy atom. The van der Waals surface area contributed by atoms with Crippen LogP contribution in [0.2, 0.25) is 0 Å². The Morgan fingerprint density at radius 2 is 2.31 bits per heavy atom. The first-order valence-corrected chi connectivity index (χ1v) is 3.10. The molecule has 0 fully saturated rings. The van der Waals surface area contributed by atoms with Gasteiger partial charge in [-0.05, 0) is 0 Å². The molecule has 0 aliphatic carbocycles. The standard InChI is InChI=1S/C5H5N5O2.ClH/c6-5-8-3-2(4(11)9-5)10(12)1-7-3;/h1,12H,(H3,6,8,9,11);1H. The van der Waals surface area contributed by atoms with Crippen molar-refractivity contribution in [2.75, 3.05) is 5.73 Å². The van der Waals surface area contributed by atoms with Crippen LogP contribution in [0.1, 0.15) is 0 Å². The number of anilines is 1. The van der Waals surface area contributed by atoms with Crippen molar-refractivity contribution in [2.45, 2.75) is 0 Å². The van der Waals surface area contributed by atoms with Gasteiger partial charge in [0.2, 0.25) is 5.95 Å². The number of aromatic nitrogens is 4. The van der Waals surface area contributed by atoms with Crippen LogP contribution in [0.15, 0.2) is 11.1 Å². The van der Waals surface area contributed by atoms with Gasteiger partial charge in [0.15, 0.2) is 11.2 Å². The van der Waals surface area contributed by atoms with Crippen LogP contribution in [0.3, 0.4) is 0 Å². The largest absolute Gasteiger partial charge is 0.427 e. The number of hydrogen-bond donors (Lipinski definition) is 3. The van der Waals surface area contributed by atoms with Crippen molar-refractivity contribution in [3.63, 3.8) is 0 Å². The number of fused-ring (bicyclic) bond motifs is 1. The third-order valence-electron chi connectivity index (χ3n) is 1.41. The van der Waals surface area contributed by atoms with E-state index in [-0.39, 0.29) is 29.5 Å². The first kappa shape index (κ1) is 9.33. The molecular formula is C5H6ClN5O2. The Kier molecular flexibility index (Phi) is 2.11. The number of imidazole rings is 1. The van der Waals surface area contributed by atoms with E-state index in [9.17, 15) is 4.79 Å². The zero-order valence-corrected chi connectivity index (χ0v) is 7.08. The molecule has 0 amide bonds. The lowest BCUT2D eigenvalue weighted by molar-refractivity contribution is 0.197. The van der Waals surface area contributed by atoms with Gasteiger partial charge in [-0.3, -0.25) is 9.78 Å². The van der Waals surface area contributed by atoms with Crippen molar-refractivity contribution in [1.82, 2.24) is 19.7 Å². The summed E-state index contributed by atoms with van der Waals surface area (Å²) in [6, 6.07) is 0. The summed E-state index contributed by atoms with van der Waals surface area (Å²) in [5.74, 6) is -0.0220. The predicted molar refractivity (Wildman–Crippen MR) is 47.0 cm³/mol. The quantitative estimate of drug-likeness (QED) is 0.494. The van der Waals surface area contributed by atoms with Crippen LogP contribution in [0.25, 0.3) is 11.2 Å². The Labute approximate surface area is 77.6 Å². The minimum absolute atomic E-state index is 0.